The van der Waals surface area contributed by atoms with E-state index in [-0.39, 0.29) is 27.0 Å². The molecular formula is C30H19N5PtS. The summed E-state index contributed by atoms with van der Waals surface area (Å²) < 4.78 is 6.49. The van der Waals surface area contributed by atoms with Gasteiger partial charge in [-0.05, 0) is 18.2 Å². The molecule has 0 N–H and O–H groups in total. The van der Waals surface area contributed by atoms with Crippen LogP contribution in [0.5, 0.6) is 0 Å². The third-order valence-electron chi connectivity index (χ3n) is 6.94. The zero-order chi connectivity index (χ0) is 23.6. The van der Waals surface area contributed by atoms with Crippen molar-refractivity contribution in [2.24, 2.45) is 0 Å². The molecule has 4 aromatic heterocycles. The third kappa shape index (κ3) is 3.36. The molecule has 7 aromatic rings. The molecule has 0 radical (unpaired) electrons. The maximum atomic E-state index is 5.24. The molecule has 180 valence electrons. The largest absolute Gasteiger partial charge is 2.00 e. The number of fused-ring (bicyclic) bond motifs is 6. The van der Waals surface area contributed by atoms with E-state index in [2.05, 4.69) is 81.9 Å². The number of aromatic nitrogens is 5. The Morgan fingerprint density at radius 2 is 1.57 bits per heavy atom. The molecule has 1 aliphatic heterocycles. The fourth-order valence-electron chi connectivity index (χ4n) is 5.29. The van der Waals surface area contributed by atoms with Gasteiger partial charge in [-0.3, -0.25) is 14.0 Å². The molecule has 37 heavy (non-hydrogen) atoms. The molecule has 1 aliphatic rings. The van der Waals surface area contributed by atoms with Crippen LogP contribution in [-0.2, 0) is 21.1 Å². The molecule has 0 saturated carbocycles. The second kappa shape index (κ2) is 8.76. The minimum Gasteiger partial charge on any atom is -0.429 e. The predicted octanol–water partition coefficient (Wildman–Crippen LogP) is 6.45. The van der Waals surface area contributed by atoms with Gasteiger partial charge in [-0.15, -0.1) is 29.3 Å². The summed E-state index contributed by atoms with van der Waals surface area (Å²) in [7, 11) is 0. The van der Waals surface area contributed by atoms with Crippen LogP contribution in [0.2, 0.25) is 0 Å². The smallest absolute Gasteiger partial charge is 0.429 e. The molecule has 1 atom stereocenters. The second-order valence-corrected chi connectivity index (χ2v) is 9.97. The zero-order valence-corrected chi connectivity index (χ0v) is 22.6. The van der Waals surface area contributed by atoms with Gasteiger partial charge in [-0.1, -0.05) is 54.2 Å². The van der Waals surface area contributed by atoms with Gasteiger partial charge in [0.05, 0.1) is 22.5 Å². The van der Waals surface area contributed by atoms with Crippen LogP contribution in [0.3, 0.4) is 0 Å². The summed E-state index contributed by atoms with van der Waals surface area (Å²) in [5.41, 5.74) is 5.62. The Balaban J connectivity index is 0.00000231. The van der Waals surface area contributed by atoms with E-state index in [4.69, 9.17) is 9.97 Å². The van der Waals surface area contributed by atoms with E-state index >= 15 is 0 Å². The summed E-state index contributed by atoms with van der Waals surface area (Å²) in [6, 6.07) is 36.5. The Labute approximate surface area is 232 Å². The zero-order valence-electron chi connectivity index (χ0n) is 19.5. The molecule has 8 rings (SSSR count). The van der Waals surface area contributed by atoms with Crippen molar-refractivity contribution >= 4 is 39.5 Å². The molecule has 0 bridgehead atoms. The summed E-state index contributed by atoms with van der Waals surface area (Å²) in [6.07, 6.45) is 3.35. The van der Waals surface area contributed by atoms with Crippen LogP contribution in [0.4, 0.5) is 0 Å². The predicted molar refractivity (Wildman–Crippen MR) is 143 cm³/mol. The molecule has 5 nitrogen and oxygen atoms in total. The molecule has 0 amide bonds. The van der Waals surface area contributed by atoms with Gasteiger partial charge in [0.25, 0.3) is 0 Å². The van der Waals surface area contributed by atoms with Crippen molar-refractivity contribution in [3.63, 3.8) is 0 Å². The fraction of sp³-hybridized carbons (Fsp3) is 0.0667. The van der Waals surface area contributed by atoms with Crippen molar-refractivity contribution < 1.29 is 21.1 Å². The Bertz CT molecular complexity index is 1920. The van der Waals surface area contributed by atoms with E-state index in [1.807, 2.05) is 52.7 Å². The van der Waals surface area contributed by atoms with Crippen molar-refractivity contribution in [1.82, 2.24) is 23.5 Å². The maximum absolute atomic E-state index is 5.24. The minimum absolute atomic E-state index is 0. The standard InChI is InChI=1S/C30H19N5S.Pt/c1-2-9-20(10-3-1)22-19-36-29-28(22)32-30-34(24-13-6-7-14-25(24)35(29)30)27-16-8-15-26(31-27)33-18-17-21-11-4-5-12-23(21)33;/h1-9,11-17,22H,19H2;/q-2;+2. The van der Waals surface area contributed by atoms with Crippen molar-refractivity contribution in [1.29, 1.82) is 0 Å². The Hall–Kier alpha value is -3.60. The molecule has 0 spiro atoms. The minimum atomic E-state index is 0. The van der Waals surface area contributed by atoms with Crippen LogP contribution in [0, 0.1) is 12.3 Å². The number of nitrogens with zero attached hydrogens (tertiary/aromatic N) is 5. The van der Waals surface area contributed by atoms with Gasteiger partial charge in [0, 0.05) is 11.7 Å². The van der Waals surface area contributed by atoms with E-state index in [9.17, 15) is 0 Å². The average molecular weight is 677 g/mol. The van der Waals surface area contributed by atoms with Crippen molar-refractivity contribution in [3.05, 3.63) is 121 Å². The first-order valence-electron chi connectivity index (χ1n) is 11.9. The SMILES string of the molecule is [Pt+2].[c-]1ccccc1C1CSc2c1nc1n(-c3cccc(-n4[c-]cc5ccccc54)n3)c3ccccc3n21. The molecule has 0 fully saturated rings. The Kier molecular flexibility index (Phi) is 5.34. The second-order valence-electron chi connectivity index (χ2n) is 8.96. The van der Waals surface area contributed by atoms with Gasteiger partial charge in [0.2, 0.25) is 5.78 Å². The van der Waals surface area contributed by atoms with E-state index in [0.29, 0.717) is 0 Å². The molecular weight excluding hydrogens is 658 g/mol. The molecule has 1 unspecified atom stereocenters. The number of pyridine rings is 1. The van der Waals surface area contributed by atoms with Crippen molar-refractivity contribution in [3.8, 4) is 11.6 Å². The summed E-state index contributed by atoms with van der Waals surface area (Å²) in [5, 5.41) is 2.35. The monoisotopic (exact) mass is 676 g/mol. The van der Waals surface area contributed by atoms with Crippen LogP contribution >= 0.6 is 11.8 Å². The van der Waals surface area contributed by atoms with Crippen molar-refractivity contribution in [2.75, 3.05) is 5.75 Å². The van der Waals surface area contributed by atoms with Crippen LogP contribution in [-0.4, -0.2) is 29.3 Å². The van der Waals surface area contributed by atoms with Crippen LogP contribution in [0.15, 0.2) is 102 Å². The van der Waals surface area contributed by atoms with Crippen molar-refractivity contribution in [2.45, 2.75) is 10.9 Å². The van der Waals surface area contributed by atoms with Crippen LogP contribution in [0.25, 0.3) is 39.3 Å². The van der Waals surface area contributed by atoms with E-state index in [1.54, 1.807) is 0 Å². The summed E-state index contributed by atoms with van der Waals surface area (Å²) >= 11 is 1.87. The quantitative estimate of drug-likeness (QED) is 0.202. The first kappa shape index (κ1) is 22.6. The van der Waals surface area contributed by atoms with Gasteiger partial charge < -0.3 is 4.57 Å². The molecule has 3 aromatic carbocycles. The van der Waals surface area contributed by atoms with Crippen LogP contribution in [0.1, 0.15) is 17.2 Å². The third-order valence-corrected chi connectivity index (χ3v) is 8.10. The normalized spacial score (nSPS) is 14.9. The number of rotatable bonds is 3. The van der Waals surface area contributed by atoms with Gasteiger partial charge in [-0.2, -0.15) is 35.9 Å². The number of hydrogen-bond acceptors (Lipinski definition) is 3. The number of imidazole rings is 2. The summed E-state index contributed by atoms with van der Waals surface area (Å²) in [4.78, 5) is 10.3. The van der Waals surface area contributed by atoms with Gasteiger partial charge in [0.15, 0.2) is 0 Å². The topological polar surface area (TPSA) is 40.0 Å². The van der Waals surface area contributed by atoms with Gasteiger partial charge >= 0.3 is 21.1 Å². The van der Waals surface area contributed by atoms with Crippen LogP contribution < -0.4 is 0 Å². The Morgan fingerprint density at radius 3 is 2.43 bits per heavy atom. The summed E-state index contributed by atoms with van der Waals surface area (Å²) in [5.74, 6) is 3.76. The number of benzene rings is 3. The number of para-hydroxylation sites is 3. The first-order valence-corrected chi connectivity index (χ1v) is 12.9. The van der Waals surface area contributed by atoms with E-state index in [0.717, 1.165) is 50.8 Å². The number of thioether (sulfide) groups is 1. The van der Waals surface area contributed by atoms with E-state index < -0.39 is 0 Å². The van der Waals surface area contributed by atoms with E-state index in [1.165, 1.54) is 10.6 Å². The number of hydrogen-bond donors (Lipinski definition) is 0. The summed E-state index contributed by atoms with van der Waals surface area (Å²) in [6.45, 7) is 0. The maximum Gasteiger partial charge on any atom is 2.00 e. The molecule has 0 saturated heterocycles. The average Bonchev–Trinajstić information content (AvgIpc) is 3.68. The van der Waals surface area contributed by atoms with Gasteiger partial charge in [-0.25, -0.2) is 4.98 Å². The first-order chi connectivity index (χ1) is 17.9. The molecule has 7 heteroatoms. The Morgan fingerprint density at radius 1 is 0.784 bits per heavy atom. The van der Waals surface area contributed by atoms with Gasteiger partial charge in [0.1, 0.15) is 10.8 Å². The molecule has 0 aliphatic carbocycles. The fourth-order valence-corrected chi connectivity index (χ4v) is 6.60. The molecule has 5 heterocycles.